The lowest BCUT2D eigenvalue weighted by molar-refractivity contribution is -0.120. The van der Waals surface area contributed by atoms with Crippen molar-refractivity contribution >= 4 is 17.5 Å². The van der Waals surface area contributed by atoms with E-state index in [-0.39, 0.29) is 5.91 Å². The van der Waals surface area contributed by atoms with Crippen molar-refractivity contribution in [2.24, 2.45) is 5.73 Å². The number of benzene rings is 1. The highest BCUT2D eigenvalue weighted by molar-refractivity contribution is 5.97. The number of unbranched alkanes of at least 4 members (excludes halogenated alkanes) is 1. The van der Waals surface area contributed by atoms with Crippen molar-refractivity contribution in [3.63, 3.8) is 0 Å². The summed E-state index contributed by atoms with van der Waals surface area (Å²) in [5.74, 6) is -0.817. The average Bonchev–Trinajstić information content (AvgIpc) is 2.34. The fraction of sp³-hybridized carbons (Fsp3) is 0.385. The predicted octanol–water partition coefficient (Wildman–Crippen LogP) is 1.04. The van der Waals surface area contributed by atoms with Gasteiger partial charge in [-0.15, -0.1) is 0 Å². The van der Waals surface area contributed by atoms with Crippen LogP contribution in [-0.4, -0.2) is 17.9 Å². The van der Waals surface area contributed by atoms with E-state index < -0.39 is 11.9 Å². The van der Waals surface area contributed by atoms with Crippen molar-refractivity contribution in [3.8, 4) is 0 Å². The van der Waals surface area contributed by atoms with E-state index in [1.807, 2.05) is 6.92 Å². The SMILES string of the molecule is CCCCC(NC(=O)c1ccc(N)cc1)C(N)=O. The molecule has 0 aliphatic rings. The standard InChI is InChI=1S/C13H19N3O2/c1-2-3-4-11(12(15)17)16-13(18)9-5-7-10(14)8-6-9/h5-8,11H,2-4,14H2,1H3,(H2,15,17)(H,16,18). The second-order valence-corrected chi connectivity index (χ2v) is 4.19. The number of anilines is 1. The first-order chi connectivity index (χ1) is 8.54. The highest BCUT2D eigenvalue weighted by Gasteiger charge is 2.17. The molecule has 1 aromatic rings. The van der Waals surface area contributed by atoms with E-state index in [4.69, 9.17) is 11.5 Å². The molecule has 1 atom stereocenters. The quantitative estimate of drug-likeness (QED) is 0.657. The Morgan fingerprint density at radius 3 is 2.39 bits per heavy atom. The maximum Gasteiger partial charge on any atom is 0.251 e. The first-order valence-corrected chi connectivity index (χ1v) is 6.00. The number of carbonyl (C=O) groups excluding carboxylic acids is 2. The summed E-state index contributed by atoms with van der Waals surface area (Å²) in [7, 11) is 0. The van der Waals surface area contributed by atoms with Gasteiger partial charge < -0.3 is 16.8 Å². The number of nitrogen functional groups attached to an aromatic ring is 1. The lowest BCUT2D eigenvalue weighted by atomic mass is 10.1. The minimum Gasteiger partial charge on any atom is -0.399 e. The van der Waals surface area contributed by atoms with Crippen LogP contribution in [0.25, 0.3) is 0 Å². The monoisotopic (exact) mass is 249 g/mol. The molecule has 0 spiro atoms. The first-order valence-electron chi connectivity index (χ1n) is 6.00. The molecule has 0 aromatic heterocycles. The van der Waals surface area contributed by atoms with Gasteiger partial charge in [0.15, 0.2) is 0 Å². The normalized spacial score (nSPS) is 11.8. The molecular weight excluding hydrogens is 230 g/mol. The number of amides is 2. The van der Waals surface area contributed by atoms with Gasteiger partial charge in [0.1, 0.15) is 6.04 Å². The Kier molecular flexibility index (Phi) is 5.17. The minimum atomic E-state index is -0.616. The number of nitrogens with two attached hydrogens (primary N) is 2. The maximum atomic E-state index is 11.9. The van der Waals surface area contributed by atoms with Crippen LogP contribution in [0.15, 0.2) is 24.3 Å². The molecular formula is C13H19N3O2. The molecule has 5 nitrogen and oxygen atoms in total. The number of rotatable bonds is 6. The second-order valence-electron chi connectivity index (χ2n) is 4.19. The summed E-state index contributed by atoms with van der Waals surface area (Å²) >= 11 is 0. The Bertz CT molecular complexity index is 415. The molecule has 0 saturated heterocycles. The Labute approximate surface area is 107 Å². The number of nitrogens with one attached hydrogen (secondary N) is 1. The van der Waals surface area contributed by atoms with E-state index in [1.165, 1.54) is 0 Å². The van der Waals surface area contributed by atoms with Gasteiger partial charge in [-0.2, -0.15) is 0 Å². The van der Waals surface area contributed by atoms with Gasteiger partial charge in [-0.25, -0.2) is 0 Å². The number of carbonyl (C=O) groups is 2. The molecule has 0 bridgehead atoms. The fourth-order valence-electron chi connectivity index (χ4n) is 1.57. The molecule has 0 saturated carbocycles. The summed E-state index contributed by atoms with van der Waals surface area (Å²) in [5.41, 5.74) is 11.8. The maximum absolute atomic E-state index is 11.9. The molecule has 0 radical (unpaired) electrons. The van der Waals surface area contributed by atoms with Crippen molar-refractivity contribution in [1.82, 2.24) is 5.32 Å². The number of hydrogen-bond acceptors (Lipinski definition) is 3. The van der Waals surface area contributed by atoms with Crippen LogP contribution in [0.4, 0.5) is 5.69 Å². The smallest absolute Gasteiger partial charge is 0.251 e. The van der Waals surface area contributed by atoms with E-state index >= 15 is 0 Å². The summed E-state index contributed by atoms with van der Waals surface area (Å²) in [6.45, 7) is 2.01. The Balaban J connectivity index is 2.66. The molecule has 5 heteroatoms. The van der Waals surface area contributed by atoms with Crippen LogP contribution in [0.1, 0.15) is 36.5 Å². The Morgan fingerprint density at radius 1 is 1.28 bits per heavy atom. The topological polar surface area (TPSA) is 98.2 Å². The molecule has 0 aliphatic carbocycles. The fourth-order valence-corrected chi connectivity index (χ4v) is 1.57. The van der Waals surface area contributed by atoms with Crippen LogP contribution in [0.5, 0.6) is 0 Å². The van der Waals surface area contributed by atoms with Gasteiger partial charge in [0.2, 0.25) is 5.91 Å². The highest BCUT2D eigenvalue weighted by Crippen LogP contribution is 2.07. The van der Waals surface area contributed by atoms with Crippen LogP contribution in [0.2, 0.25) is 0 Å². The molecule has 0 aliphatic heterocycles. The summed E-state index contributed by atoms with van der Waals surface area (Å²) in [6, 6.07) is 5.89. The van der Waals surface area contributed by atoms with Crippen LogP contribution in [0.3, 0.4) is 0 Å². The lowest BCUT2D eigenvalue weighted by Gasteiger charge is -2.15. The van der Waals surface area contributed by atoms with Gasteiger partial charge in [0.05, 0.1) is 0 Å². The number of hydrogen-bond donors (Lipinski definition) is 3. The van der Waals surface area contributed by atoms with Gasteiger partial charge in [0, 0.05) is 11.3 Å². The van der Waals surface area contributed by atoms with Crippen molar-refractivity contribution < 1.29 is 9.59 Å². The first kappa shape index (κ1) is 14.0. The summed E-state index contributed by atoms with van der Waals surface area (Å²) in [5, 5.41) is 2.63. The Morgan fingerprint density at radius 2 is 1.89 bits per heavy atom. The zero-order valence-electron chi connectivity index (χ0n) is 10.5. The van der Waals surface area contributed by atoms with Gasteiger partial charge in [-0.1, -0.05) is 19.8 Å². The molecule has 18 heavy (non-hydrogen) atoms. The number of primary amides is 1. The van der Waals surface area contributed by atoms with Crippen molar-refractivity contribution in [3.05, 3.63) is 29.8 Å². The summed E-state index contributed by atoms with van der Waals surface area (Å²) in [6.07, 6.45) is 2.35. The molecule has 0 heterocycles. The second kappa shape index (κ2) is 6.64. The molecule has 5 N–H and O–H groups in total. The van der Waals surface area contributed by atoms with Crippen LogP contribution < -0.4 is 16.8 Å². The molecule has 1 aromatic carbocycles. The van der Waals surface area contributed by atoms with Crippen LogP contribution in [0, 0.1) is 0 Å². The minimum absolute atomic E-state index is 0.310. The summed E-state index contributed by atoms with van der Waals surface area (Å²) in [4.78, 5) is 23.1. The zero-order chi connectivity index (χ0) is 13.5. The van der Waals surface area contributed by atoms with Gasteiger partial charge >= 0.3 is 0 Å². The third kappa shape index (κ3) is 4.08. The van der Waals surface area contributed by atoms with Gasteiger partial charge in [0.25, 0.3) is 5.91 Å². The van der Waals surface area contributed by atoms with E-state index in [9.17, 15) is 9.59 Å². The lowest BCUT2D eigenvalue weighted by Crippen LogP contribution is -2.44. The van der Waals surface area contributed by atoms with E-state index in [0.29, 0.717) is 17.7 Å². The van der Waals surface area contributed by atoms with Gasteiger partial charge in [-0.3, -0.25) is 9.59 Å². The van der Waals surface area contributed by atoms with Crippen molar-refractivity contribution in [2.75, 3.05) is 5.73 Å². The van der Waals surface area contributed by atoms with Gasteiger partial charge in [-0.05, 0) is 30.7 Å². The molecule has 1 rings (SSSR count). The predicted molar refractivity (Wildman–Crippen MR) is 70.8 cm³/mol. The summed E-state index contributed by atoms with van der Waals surface area (Å²) < 4.78 is 0. The highest BCUT2D eigenvalue weighted by atomic mass is 16.2. The van der Waals surface area contributed by atoms with E-state index in [1.54, 1.807) is 24.3 Å². The average molecular weight is 249 g/mol. The van der Waals surface area contributed by atoms with Crippen molar-refractivity contribution in [2.45, 2.75) is 32.2 Å². The van der Waals surface area contributed by atoms with Crippen LogP contribution >= 0.6 is 0 Å². The Hall–Kier alpha value is -2.04. The molecule has 1 unspecified atom stereocenters. The van der Waals surface area contributed by atoms with E-state index in [2.05, 4.69) is 5.32 Å². The van der Waals surface area contributed by atoms with E-state index in [0.717, 1.165) is 12.8 Å². The zero-order valence-corrected chi connectivity index (χ0v) is 10.5. The molecule has 0 fully saturated rings. The third-order valence-electron chi connectivity index (χ3n) is 2.67. The molecule has 98 valence electrons. The third-order valence-corrected chi connectivity index (χ3v) is 2.67. The van der Waals surface area contributed by atoms with Crippen molar-refractivity contribution in [1.29, 1.82) is 0 Å². The molecule has 2 amide bonds. The largest absolute Gasteiger partial charge is 0.399 e. The van der Waals surface area contributed by atoms with Crippen LogP contribution in [-0.2, 0) is 4.79 Å².